The molecule has 0 amide bonds. The molecular formula is C8H14NO. The van der Waals surface area contributed by atoms with Gasteiger partial charge in [-0.25, -0.2) is 0 Å². The highest BCUT2D eigenvalue weighted by atomic mass is 16.1. The fourth-order valence-corrected chi connectivity index (χ4v) is 0.876. The zero-order valence-electron chi connectivity index (χ0n) is 6.50. The van der Waals surface area contributed by atoms with E-state index in [0.717, 1.165) is 6.42 Å². The van der Waals surface area contributed by atoms with Crippen LogP contribution in [0, 0.1) is 18.3 Å². The van der Waals surface area contributed by atoms with E-state index in [1.165, 1.54) is 0 Å². The molecule has 2 nitrogen and oxygen atoms in total. The molecule has 2 N–H and O–H groups in total. The van der Waals surface area contributed by atoms with Crippen LogP contribution in [0.1, 0.15) is 20.3 Å². The first-order valence-electron chi connectivity index (χ1n) is 3.75. The van der Waals surface area contributed by atoms with Crippen molar-refractivity contribution in [2.45, 2.75) is 26.3 Å². The maximum atomic E-state index is 11.2. The molecule has 1 fully saturated rings. The lowest BCUT2D eigenvalue weighted by Gasteiger charge is -2.12. The van der Waals surface area contributed by atoms with Gasteiger partial charge >= 0.3 is 0 Å². The van der Waals surface area contributed by atoms with Gasteiger partial charge in [-0.2, -0.15) is 0 Å². The van der Waals surface area contributed by atoms with E-state index in [1.807, 2.05) is 20.3 Å². The minimum atomic E-state index is -0.247. The fourth-order valence-electron chi connectivity index (χ4n) is 0.876. The third kappa shape index (κ3) is 1.57. The third-order valence-electron chi connectivity index (χ3n) is 1.88. The molecule has 1 unspecified atom stereocenters. The van der Waals surface area contributed by atoms with Crippen molar-refractivity contribution in [2.75, 3.05) is 0 Å². The van der Waals surface area contributed by atoms with Gasteiger partial charge in [0.2, 0.25) is 0 Å². The second-order valence-corrected chi connectivity index (χ2v) is 3.25. The molecule has 0 saturated heterocycles. The molecule has 1 aliphatic carbocycles. The van der Waals surface area contributed by atoms with E-state index in [4.69, 9.17) is 5.73 Å². The summed E-state index contributed by atoms with van der Waals surface area (Å²) in [5, 5.41) is 0. The first kappa shape index (κ1) is 7.73. The highest BCUT2D eigenvalue weighted by Crippen LogP contribution is 2.30. The highest BCUT2D eigenvalue weighted by molar-refractivity contribution is 5.90. The topological polar surface area (TPSA) is 43.1 Å². The van der Waals surface area contributed by atoms with Crippen molar-refractivity contribution < 1.29 is 4.79 Å². The van der Waals surface area contributed by atoms with Gasteiger partial charge in [-0.3, -0.25) is 4.79 Å². The van der Waals surface area contributed by atoms with Crippen LogP contribution in [0.2, 0.25) is 0 Å². The number of hydrogen-bond acceptors (Lipinski definition) is 2. The van der Waals surface area contributed by atoms with Gasteiger partial charge in [-0.15, -0.1) is 0 Å². The maximum Gasteiger partial charge on any atom is 0.153 e. The third-order valence-corrected chi connectivity index (χ3v) is 1.88. The number of rotatable bonds is 3. The molecule has 2 heteroatoms. The smallest absolute Gasteiger partial charge is 0.153 e. The van der Waals surface area contributed by atoms with Gasteiger partial charge in [0.1, 0.15) is 0 Å². The summed E-state index contributed by atoms with van der Waals surface area (Å²) in [4.78, 5) is 11.2. The van der Waals surface area contributed by atoms with Crippen LogP contribution in [0.5, 0.6) is 0 Å². The van der Waals surface area contributed by atoms with E-state index in [1.54, 1.807) is 0 Å². The number of hydrogen-bond donors (Lipinski definition) is 1. The van der Waals surface area contributed by atoms with E-state index in [2.05, 4.69) is 0 Å². The lowest BCUT2D eigenvalue weighted by atomic mass is 9.98. The van der Waals surface area contributed by atoms with Crippen molar-refractivity contribution in [2.24, 2.45) is 17.6 Å². The molecule has 0 heterocycles. The average Bonchev–Trinajstić information content (AvgIpc) is 2.65. The summed E-state index contributed by atoms with van der Waals surface area (Å²) in [6.45, 7) is 3.95. The molecule has 0 aliphatic heterocycles. The number of carbonyl (C=O) groups is 1. The zero-order valence-corrected chi connectivity index (χ0v) is 6.50. The van der Waals surface area contributed by atoms with Crippen LogP contribution in [-0.2, 0) is 4.79 Å². The van der Waals surface area contributed by atoms with Gasteiger partial charge in [-0.05, 0) is 18.8 Å². The maximum absolute atomic E-state index is 11.2. The number of nitrogens with two attached hydrogens (primary N) is 1. The Balaban J connectivity index is 2.38. The van der Waals surface area contributed by atoms with Crippen molar-refractivity contribution in [3.05, 3.63) is 6.42 Å². The Morgan fingerprint density at radius 1 is 1.70 bits per heavy atom. The van der Waals surface area contributed by atoms with E-state index in [-0.39, 0.29) is 23.7 Å². The Labute approximate surface area is 61.8 Å². The molecule has 10 heavy (non-hydrogen) atoms. The van der Waals surface area contributed by atoms with Gasteiger partial charge in [-0.1, -0.05) is 13.8 Å². The van der Waals surface area contributed by atoms with Gasteiger partial charge in [0, 0.05) is 5.92 Å². The Bertz CT molecular complexity index is 138. The quantitative estimate of drug-likeness (QED) is 0.629. The summed E-state index contributed by atoms with van der Waals surface area (Å²) in [5.74, 6) is 0.689. The van der Waals surface area contributed by atoms with Crippen LogP contribution in [0.4, 0.5) is 0 Å². The second kappa shape index (κ2) is 2.70. The molecular weight excluding hydrogens is 126 g/mol. The minimum Gasteiger partial charge on any atom is -0.321 e. The van der Waals surface area contributed by atoms with Crippen LogP contribution in [0.15, 0.2) is 0 Å². The summed E-state index contributed by atoms with van der Waals surface area (Å²) in [6, 6.07) is -0.247. The lowest BCUT2D eigenvalue weighted by Crippen LogP contribution is -2.36. The van der Waals surface area contributed by atoms with Crippen LogP contribution in [0.3, 0.4) is 0 Å². The molecule has 0 bridgehead atoms. The molecule has 1 saturated carbocycles. The number of carbonyl (C=O) groups excluding carboxylic acids is 1. The summed E-state index contributed by atoms with van der Waals surface area (Å²) in [6.07, 6.45) is 2.95. The molecule has 0 aromatic carbocycles. The summed E-state index contributed by atoms with van der Waals surface area (Å²) >= 11 is 0. The minimum absolute atomic E-state index is 0.192. The first-order chi connectivity index (χ1) is 4.63. The van der Waals surface area contributed by atoms with E-state index in [9.17, 15) is 4.79 Å². The van der Waals surface area contributed by atoms with E-state index < -0.39 is 0 Å². The molecule has 1 aliphatic rings. The Morgan fingerprint density at radius 3 is 2.50 bits per heavy atom. The average molecular weight is 140 g/mol. The van der Waals surface area contributed by atoms with Gasteiger partial charge in [0.15, 0.2) is 5.78 Å². The van der Waals surface area contributed by atoms with Crippen LogP contribution in [-0.4, -0.2) is 11.8 Å². The molecule has 0 aromatic rings. The SMILES string of the molecule is CC(C)[C@@H](N)C(=O)C1[CH]C1. The molecule has 57 valence electrons. The van der Waals surface area contributed by atoms with Crippen molar-refractivity contribution in [1.82, 2.24) is 0 Å². The zero-order chi connectivity index (χ0) is 7.72. The second-order valence-electron chi connectivity index (χ2n) is 3.25. The van der Waals surface area contributed by atoms with Gasteiger partial charge in [0.05, 0.1) is 6.04 Å². The van der Waals surface area contributed by atoms with Gasteiger partial charge < -0.3 is 5.73 Å². The Morgan fingerprint density at radius 2 is 2.20 bits per heavy atom. The monoisotopic (exact) mass is 140 g/mol. The molecule has 1 radical (unpaired) electrons. The first-order valence-corrected chi connectivity index (χ1v) is 3.75. The van der Waals surface area contributed by atoms with Crippen LogP contribution in [0.25, 0.3) is 0 Å². The Hall–Kier alpha value is -0.370. The molecule has 0 spiro atoms. The number of ketones is 1. The Kier molecular flexibility index (Phi) is 2.09. The van der Waals surface area contributed by atoms with Crippen LogP contribution >= 0.6 is 0 Å². The summed E-state index contributed by atoms with van der Waals surface area (Å²) in [5.41, 5.74) is 5.63. The van der Waals surface area contributed by atoms with Crippen molar-refractivity contribution in [3.8, 4) is 0 Å². The van der Waals surface area contributed by atoms with Crippen LogP contribution < -0.4 is 5.73 Å². The van der Waals surface area contributed by atoms with E-state index >= 15 is 0 Å². The normalized spacial score (nSPS) is 21.2. The fraction of sp³-hybridized carbons (Fsp3) is 0.750. The predicted octanol–water partition coefficient (Wildman–Crippen LogP) is 0.763. The van der Waals surface area contributed by atoms with E-state index in [0.29, 0.717) is 0 Å². The highest BCUT2D eigenvalue weighted by Gasteiger charge is 2.34. The van der Waals surface area contributed by atoms with Gasteiger partial charge in [0.25, 0.3) is 0 Å². The van der Waals surface area contributed by atoms with Crippen molar-refractivity contribution in [3.63, 3.8) is 0 Å². The summed E-state index contributed by atoms with van der Waals surface area (Å²) < 4.78 is 0. The molecule has 2 atom stereocenters. The molecule has 1 rings (SSSR count). The lowest BCUT2D eigenvalue weighted by molar-refractivity contribution is -0.122. The number of Topliss-reactive ketones (excluding diaryl/α,β-unsaturated/α-hetero) is 1. The predicted molar refractivity (Wildman–Crippen MR) is 40.2 cm³/mol. The molecule has 0 aromatic heterocycles. The van der Waals surface area contributed by atoms with Crippen molar-refractivity contribution in [1.29, 1.82) is 0 Å². The largest absolute Gasteiger partial charge is 0.321 e. The van der Waals surface area contributed by atoms with Crippen molar-refractivity contribution >= 4 is 5.78 Å². The summed E-state index contributed by atoms with van der Waals surface area (Å²) in [7, 11) is 0. The standard InChI is InChI=1S/C8H14NO/c1-5(2)7(9)8(10)6-3-4-6/h3,5-7H,4,9H2,1-2H3/t6?,7-/m1/s1.